The van der Waals surface area contributed by atoms with Crippen LogP contribution in [-0.2, 0) is 5.54 Å². The first-order valence-corrected chi connectivity index (χ1v) is 15.8. The molecule has 1 aromatic heterocycles. The number of carbonyl (C=O) groups excluding carboxylic acids is 2. The third-order valence-electron chi connectivity index (χ3n) is 10.3. The summed E-state index contributed by atoms with van der Waals surface area (Å²) in [6.45, 7) is 2.13. The number of piperidine rings is 1. The standard InChI is InChI=1S/C33H36ClFN6O4/c1-40-12-10-32(11-13-40)16-19(17-32)37-28(42)20-14-26(44-3)24(15-23(20)35)38-31-36-18-22(34)29(39-31)45-25-7-4-6-21-27(25)30(43)41(2)33(21)8-5-9-33/h4,6-7,14-15,18-19H,5,8-13,16-17H2,1-3H3,(H,37,42)(H,36,38,39). The Labute approximate surface area is 266 Å². The van der Waals surface area contributed by atoms with Crippen molar-refractivity contribution < 1.29 is 23.5 Å². The van der Waals surface area contributed by atoms with Gasteiger partial charge in [0, 0.05) is 19.2 Å². The Morgan fingerprint density at radius 2 is 1.87 bits per heavy atom. The Bertz CT molecular complexity index is 1680. The van der Waals surface area contributed by atoms with Gasteiger partial charge in [0.15, 0.2) is 0 Å². The smallest absolute Gasteiger partial charge is 0.258 e. The lowest BCUT2D eigenvalue weighted by Gasteiger charge is -2.52. The van der Waals surface area contributed by atoms with Gasteiger partial charge in [-0.15, -0.1) is 0 Å². The summed E-state index contributed by atoms with van der Waals surface area (Å²) in [6, 6.07) is 8.13. The van der Waals surface area contributed by atoms with Crippen LogP contribution in [0.25, 0.3) is 0 Å². The highest BCUT2D eigenvalue weighted by Gasteiger charge is 2.52. The number of hydrogen-bond donors (Lipinski definition) is 2. The van der Waals surface area contributed by atoms with E-state index in [1.807, 2.05) is 19.2 Å². The molecule has 0 atom stereocenters. The molecule has 3 fully saturated rings. The van der Waals surface area contributed by atoms with Crippen molar-refractivity contribution in [3.63, 3.8) is 0 Å². The Morgan fingerprint density at radius 3 is 2.56 bits per heavy atom. The summed E-state index contributed by atoms with van der Waals surface area (Å²) in [5.41, 5.74) is 1.58. The van der Waals surface area contributed by atoms with Crippen LogP contribution >= 0.6 is 11.6 Å². The maximum absolute atomic E-state index is 15.3. The van der Waals surface area contributed by atoms with Crippen LogP contribution in [0.1, 0.15) is 71.2 Å². The van der Waals surface area contributed by atoms with E-state index in [1.54, 1.807) is 11.0 Å². The molecule has 2 aromatic carbocycles. The minimum absolute atomic E-state index is 0.0331. The number of hydrogen-bond acceptors (Lipinski definition) is 8. The predicted octanol–water partition coefficient (Wildman–Crippen LogP) is 5.88. The fourth-order valence-corrected chi connectivity index (χ4v) is 7.57. The molecular weight excluding hydrogens is 599 g/mol. The number of aromatic nitrogens is 2. The molecule has 1 saturated heterocycles. The number of benzene rings is 2. The SMILES string of the molecule is COc1cc(C(=O)NC2CC3(CCN(C)CC3)C2)c(F)cc1Nc1ncc(Cl)c(Oc2cccc3c2C(=O)N(C)C32CCC2)n1. The van der Waals surface area contributed by atoms with Gasteiger partial charge in [-0.3, -0.25) is 9.59 Å². The first-order valence-electron chi connectivity index (χ1n) is 15.4. The molecule has 0 bridgehead atoms. The topological polar surface area (TPSA) is 109 Å². The normalized spacial score (nSPS) is 20.0. The van der Waals surface area contributed by atoms with Gasteiger partial charge >= 0.3 is 0 Å². The molecule has 2 aliphatic heterocycles. The Morgan fingerprint density at radius 1 is 1.11 bits per heavy atom. The Balaban J connectivity index is 1.07. The summed E-state index contributed by atoms with van der Waals surface area (Å²) in [7, 11) is 5.39. The van der Waals surface area contributed by atoms with Gasteiger partial charge in [0.1, 0.15) is 22.3 Å². The summed E-state index contributed by atoms with van der Waals surface area (Å²) >= 11 is 6.41. The van der Waals surface area contributed by atoms with Crippen molar-refractivity contribution in [1.82, 2.24) is 25.1 Å². The number of anilines is 2. The van der Waals surface area contributed by atoms with Gasteiger partial charge < -0.3 is 29.9 Å². The highest BCUT2D eigenvalue weighted by molar-refractivity contribution is 6.31. The van der Waals surface area contributed by atoms with Crippen molar-refractivity contribution in [2.45, 2.75) is 56.5 Å². The molecule has 2 aliphatic carbocycles. The number of ether oxygens (including phenoxy) is 2. The molecule has 10 nitrogen and oxygen atoms in total. The summed E-state index contributed by atoms with van der Waals surface area (Å²) in [5, 5.41) is 6.09. The number of methoxy groups -OCH3 is 1. The number of halogens is 2. The molecule has 236 valence electrons. The molecule has 7 rings (SSSR count). The lowest BCUT2D eigenvalue weighted by molar-refractivity contribution is 0.0138. The zero-order valence-corrected chi connectivity index (χ0v) is 26.3. The zero-order chi connectivity index (χ0) is 31.5. The predicted molar refractivity (Wildman–Crippen MR) is 167 cm³/mol. The van der Waals surface area contributed by atoms with Gasteiger partial charge in [0.2, 0.25) is 11.8 Å². The van der Waals surface area contributed by atoms with E-state index in [-0.39, 0.29) is 51.3 Å². The van der Waals surface area contributed by atoms with Gasteiger partial charge in [-0.25, -0.2) is 9.37 Å². The first kappa shape index (κ1) is 29.7. The van der Waals surface area contributed by atoms with Crippen LogP contribution in [0, 0.1) is 11.2 Å². The van der Waals surface area contributed by atoms with E-state index in [0.717, 1.165) is 63.6 Å². The molecule has 2 saturated carbocycles. The molecule has 45 heavy (non-hydrogen) atoms. The van der Waals surface area contributed by atoms with E-state index >= 15 is 4.39 Å². The van der Waals surface area contributed by atoms with Crippen molar-refractivity contribution in [2.75, 3.05) is 39.6 Å². The summed E-state index contributed by atoms with van der Waals surface area (Å²) in [4.78, 5) is 39.0. The zero-order valence-electron chi connectivity index (χ0n) is 25.6. The highest BCUT2D eigenvalue weighted by Crippen LogP contribution is 2.54. The third kappa shape index (κ3) is 5.06. The molecule has 0 radical (unpaired) electrons. The largest absolute Gasteiger partial charge is 0.495 e. The van der Waals surface area contributed by atoms with Crippen LogP contribution in [0.4, 0.5) is 16.0 Å². The minimum atomic E-state index is -0.707. The lowest BCUT2D eigenvalue weighted by Crippen LogP contribution is -2.54. The van der Waals surface area contributed by atoms with Gasteiger partial charge in [-0.05, 0) is 88.2 Å². The van der Waals surface area contributed by atoms with Crippen molar-refractivity contribution in [1.29, 1.82) is 0 Å². The minimum Gasteiger partial charge on any atom is -0.495 e. The fraction of sp³-hybridized carbons (Fsp3) is 0.455. The van der Waals surface area contributed by atoms with Gasteiger partial charge in [0.05, 0.1) is 35.7 Å². The monoisotopic (exact) mass is 634 g/mol. The quantitative estimate of drug-likeness (QED) is 0.332. The molecule has 4 aliphatic rings. The molecule has 2 spiro atoms. The summed E-state index contributed by atoms with van der Waals surface area (Å²) in [5.74, 6) is -0.591. The van der Waals surface area contributed by atoms with Crippen molar-refractivity contribution in [2.24, 2.45) is 5.41 Å². The molecule has 2 amide bonds. The van der Waals surface area contributed by atoms with Crippen LogP contribution in [-0.4, -0.2) is 71.9 Å². The molecule has 2 N–H and O–H groups in total. The van der Waals surface area contributed by atoms with Crippen LogP contribution < -0.4 is 20.1 Å². The molecule has 12 heteroatoms. The molecule has 0 unspecified atom stereocenters. The molecule has 3 heterocycles. The lowest BCUT2D eigenvalue weighted by atomic mass is 9.60. The second kappa shape index (κ2) is 11.1. The first-order chi connectivity index (χ1) is 21.6. The molecule has 3 aromatic rings. The number of amides is 2. The number of nitrogens with one attached hydrogen (secondary N) is 2. The van der Waals surface area contributed by atoms with Crippen LogP contribution in [0.3, 0.4) is 0 Å². The van der Waals surface area contributed by atoms with Crippen LogP contribution in [0.2, 0.25) is 5.02 Å². The van der Waals surface area contributed by atoms with E-state index in [4.69, 9.17) is 21.1 Å². The number of likely N-dealkylation sites (tertiary alicyclic amines) is 1. The maximum Gasteiger partial charge on any atom is 0.258 e. The van der Waals surface area contributed by atoms with Gasteiger partial charge in [-0.1, -0.05) is 23.7 Å². The molecular formula is C33H36ClFN6O4. The second-order valence-corrected chi connectivity index (χ2v) is 13.3. The Kier molecular flexibility index (Phi) is 7.36. The number of rotatable bonds is 7. The summed E-state index contributed by atoms with van der Waals surface area (Å²) in [6.07, 6.45) is 8.32. The summed E-state index contributed by atoms with van der Waals surface area (Å²) < 4.78 is 26.9. The van der Waals surface area contributed by atoms with E-state index in [0.29, 0.717) is 16.7 Å². The Hall–Kier alpha value is -3.96. The van der Waals surface area contributed by atoms with Gasteiger partial charge in [-0.2, -0.15) is 4.98 Å². The van der Waals surface area contributed by atoms with Crippen molar-refractivity contribution in [3.8, 4) is 17.4 Å². The maximum atomic E-state index is 15.3. The van der Waals surface area contributed by atoms with Crippen molar-refractivity contribution >= 4 is 35.1 Å². The third-order valence-corrected chi connectivity index (χ3v) is 10.6. The average Bonchev–Trinajstić information content (AvgIpc) is 3.22. The van der Waals surface area contributed by atoms with E-state index in [1.165, 1.54) is 25.4 Å². The number of fused-ring (bicyclic) bond motifs is 2. The average molecular weight is 635 g/mol. The van der Waals surface area contributed by atoms with E-state index < -0.39 is 11.7 Å². The van der Waals surface area contributed by atoms with Gasteiger partial charge in [0.25, 0.3) is 11.8 Å². The van der Waals surface area contributed by atoms with E-state index in [9.17, 15) is 9.59 Å². The number of carbonyl (C=O) groups is 2. The highest BCUT2D eigenvalue weighted by atomic mass is 35.5. The fourth-order valence-electron chi connectivity index (χ4n) is 7.44. The van der Waals surface area contributed by atoms with Crippen LogP contribution in [0.15, 0.2) is 36.5 Å². The second-order valence-electron chi connectivity index (χ2n) is 12.9. The van der Waals surface area contributed by atoms with Crippen LogP contribution in [0.5, 0.6) is 17.4 Å². The van der Waals surface area contributed by atoms with E-state index in [2.05, 4.69) is 32.5 Å². The van der Waals surface area contributed by atoms with Crippen molar-refractivity contribution in [3.05, 3.63) is 64.1 Å². The number of nitrogens with zero attached hydrogens (tertiary/aromatic N) is 4.